The Hall–Kier alpha value is -3.26. The second-order valence-corrected chi connectivity index (χ2v) is 10.9. The molecule has 41 heavy (non-hydrogen) atoms. The molecule has 0 N–H and O–H groups in total. The summed E-state index contributed by atoms with van der Waals surface area (Å²) >= 11 is 0. The molecule has 0 saturated carbocycles. The maximum Gasteiger partial charge on any atom is 0.311 e. The van der Waals surface area contributed by atoms with Crippen LogP contribution in [0.25, 0.3) is 0 Å². The third kappa shape index (κ3) is 7.53. The number of hydrogen-bond acceptors (Lipinski definition) is 7. The van der Waals surface area contributed by atoms with Gasteiger partial charge in [-0.1, -0.05) is 57.7 Å². The smallest absolute Gasteiger partial charge is 0.311 e. The average molecular weight is 567 g/mol. The lowest BCUT2D eigenvalue weighted by molar-refractivity contribution is -0.150. The van der Waals surface area contributed by atoms with E-state index in [1.807, 2.05) is 54.3 Å². The summed E-state index contributed by atoms with van der Waals surface area (Å²) in [6.07, 6.45) is 6.44. The van der Waals surface area contributed by atoms with Crippen molar-refractivity contribution < 1.29 is 28.5 Å². The van der Waals surface area contributed by atoms with E-state index >= 15 is 0 Å². The third-order valence-electron chi connectivity index (χ3n) is 8.19. The maximum atomic E-state index is 13.9. The van der Waals surface area contributed by atoms with Gasteiger partial charge in [0.05, 0.1) is 26.2 Å². The van der Waals surface area contributed by atoms with Gasteiger partial charge in [-0.3, -0.25) is 14.5 Å². The van der Waals surface area contributed by atoms with Crippen LogP contribution in [0.5, 0.6) is 17.2 Å². The van der Waals surface area contributed by atoms with Gasteiger partial charge >= 0.3 is 5.97 Å². The summed E-state index contributed by atoms with van der Waals surface area (Å²) < 4.78 is 22.3. The molecule has 2 aliphatic rings. The molecule has 224 valence electrons. The molecule has 1 saturated heterocycles. The van der Waals surface area contributed by atoms with E-state index in [0.717, 1.165) is 68.5 Å². The SMILES string of the molecule is CCCCCN(CCCCC)C(=O)CN1C[C@H](c2ccc3c(c2)OCO3)[C@@H](C(=O)OCC)[C@@H]1c1ccc(OC)cc1. The number of nitrogens with zero attached hydrogens (tertiary/aromatic N) is 2. The van der Waals surface area contributed by atoms with Gasteiger partial charge in [0.2, 0.25) is 12.7 Å². The number of amides is 1. The average Bonchev–Trinajstić information content (AvgIpc) is 3.61. The molecule has 1 fully saturated rings. The highest BCUT2D eigenvalue weighted by atomic mass is 16.7. The Morgan fingerprint density at radius 2 is 1.56 bits per heavy atom. The number of carbonyl (C=O) groups excluding carboxylic acids is 2. The first kappa shape index (κ1) is 30.7. The van der Waals surface area contributed by atoms with Crippen molar-refractivity contribution in [3.8, 4) is 17.2 Å². The number of unbranched alkanes of at least 4 members (excludes halogenated alkanes) is 4. The zero-order valence-corrected chi connectivity index (χ0v) is 25.1. The normalized spacial score (nSPS) is 19.8. The van der Waals surface area contributed by atoms with Crippen molar-refractivity contribution >= 4 is 11.9 Å². The Kier molecular flexibility index (Phi) is 11.3. The van der Waals surface area contributed by atoms with Crippen molar-refractivity contribution in [2.24, 2.45) is 5.92 Å². The van der Waals surface area contributed by atoms with Crippen LogP contribution in [0.3, 0.4) is 0 Å². The Morgan fingerprint density at radius 1 is 0.902 bits per heavy atom. The zero-order chi connectivity index (χ0) is 29.2. The number of rotatable bonds is 15. The van der Waals surface area contributed by atoms with Crippen LogP contribution in [0.4, 0.5) is 0 Å². The molecule has 0 spiro atoms. The zero-order valence-electron chi connectivity index (χ0n) is 25.1. The second-order valence-electron chi connectivity index (χ2n) is 10.9. The first-order chi connectivity index (χ1) is 20.0. The summed E-state index contributed by atoms with van der Waals surface area (Å²) in [7, 11) is 1.64. The van der Waals surface area contributed by atoms with Gasteiger partial charge in [0.25, 0.3) is 0 Å². The Morgan fingerprint density at radius 3 is 2.20 bits per heavy atom. The van der Waals surface area contributed by atoms with Crippen molar-refractivity contribution in [2.75, 3.05) is 46.7 Å². The molecular weight excluding hydrogens is 520 g/mol. The summed E-state index contributed by atoms with van der Waals surface area (Å²) in [6.45, 7) is 8.99. The summed E-state index contributed by atoms with van der Waals surface area (Å²) in [5.41, 5.74) is 1.94. The van der Waals surface area contributed by atoms with Crippen LogP contribution < -0.4 is 14.2 Å². The summed E-state index contributed by atoms with van der Waals surface area (Å²) in [5.74, 6) is 1.31. The van der Waals surface area contributed by atoms with Gasteiger partial charge in [0, 0.05) is 31.6 Å². The molecule has 2 aliphatic heterocycles. The Balaban J connectivity index is 1.68. The fraction of sp³-hybridized carbons (Fsp3) is 0.576. The number of fused-ring (bicyclic) bond motifs is 1. The lowest BCUT2D eigenvalue weighted by Crippen LogP contribution is -2.42. The van der Waals surface area contributed by atoms with Crippen LogP contribution in [-0.2, 0) is 14.3 Å². The van der Waals surface area contributed by atoms with Crippen molar-refractivity contribution in [1.29, 1.82) is 0 Å². The summed E-state index contributed by atoms with van der Waals surface area (Å²) in [4.78, 5) is 31.7. The van der Waals surface area contributed by atoms with Gasteiger partial charge < -0.3 is 23.8 Å². The summed E-state index contributed by atoms with van der Waals surface area (Å²) in [6, 6.07) is 13.4. The van der Waals surface area contributed by atoms with Gasteiger partial charge in [-0.25, -0.2) is 0 Å². The second kappa shape index (κ2) is 15.1. The third-order valence-corrected chi connectivity index (χ3v) is 8.19. The largest absolute Gasteiger partial charge is 0.497 e. The molecule has 0 bridgehead atoms. The number of esters is 1. The van der Waals surface area contributed by atoms with Crippen LogP contribution in [0.1, 0.15) is 82.4 Å². The van der Waals surface area contributed by atoms with Gasteiger partial charge in [0.1, 0.15) is 5.75 Å². The molecule has 0 aliphatic carbocycles. The van der Waals surface area contributed by atoms with E-state index in [1.165, 1.54) is 0 Å². The van der Waals surface area contributed by atoms with Crippen LogP contribution in [0, 0.1) is 5.92 Å². The molecule has 4 rings (SSSR count). The van der Waals surface area contributed by atoms with Crippen molar-refractivity contribution in [3.63, 3.8) is 0 Å². The first-order valence-corrected chi connectivity index (χ1v) is 15.2. The molecular formula is C33H46N2O6. The molecule has 0 unspecified atom stereocenters. The topological polar surface area (TPSA) is 77.5 Å². The van der Waals surface area contributed by atoms with Crippen LogP contribution >= 0.6 is 0 Å². The lowest BCUT2D eigenvalue weighted by atomic mass is 9.82. The van der Waals surface area contributed by atoms with Gasteiger partial charge in [-0.15, -0.1) is 0 Å². The molecule has 3 atom stereocenters. The van der Waals surface area contributed by atoms with E-state index in [9.17, 15) is 9.59 Å². The number of hydrogen-bond donors (Lipinski definition) is 0. The molecule has 2 aromatic rings. The van der Waals surface area contributed by atoms with E-state index < -0.39 is 5.92 Å². The highest BCUT2D eigenvalue weighted by Crippen LogP contribution is 2.48. The fourth-order valence-electron chi connectivity index (χ4n) is 6.04. The highest BCUT2D eigenvalue weighted by molar-refractivity contribution is 5.80. The number of carbonyl (C=O) groups is 2. The maximum absolute atomic E-state index is 13.9. The van der Waals surface area contributed by atoms with Crippen LogP contribution in [0.2, 0.25) is 0 Å². The minimum absolute atomic E-state index is 0.115. The van der Waals surface area contributed by atoms with Crippen molar-refractivity contribution in [2.45, 2.75) is 71.3 Å². The lowest BCUT2D eigenvalue weighted by Gasteiger charge is -2.30. The number of methoxy groups -OCH3 is 1. The predicted octanol–water partition coefficient (Wildman–Crippen LogP) is 5.95. The Labute approximate surface area is 244 Å². The monoisotopic (exact) mass is 566 g/mol. The number of ether oxygens (including phenoxy) is 4. The van der Waals surface area contributed by atoms with E-state index in [1.54, 1.807) is 7.11 Å². The van der Waals surface area contributed by atoms with Crippen molar-refractivity contribution in [1.82, 2.24) is 9.80 Å². The first-order valence-electron chi connectivity index (χ1n) is 15.2. The predicted molar refractivity (Wildman–Crippen MR) is 158 cm³/mol. The van der Waals surface area contributed by atoms with E-state index in [-0.39, 0.29) is 37.2 Å². The fourth-order valence-corrected chi connectivity index (χ4v) is 6.04. The molecule has 8 nitrogen and oxygen atoms in total. The summed E-state index contributed by atoms with van der Waals surface area (Å²) in [5, 5.41) is 0. The molecule has 8 heteroatoms. The molecule has 2 heterocycles. The van der Waals surface area contributed by atoms with Gasteiger partial charge in [-0.05, 0) is 55.2 Å². The molecule has 0 radical (unpaired) electrons. The standard InChI is InChI=1S/C33H46N2O6/c1-5-8-10-18-34(19-11-9-6-2)30(36)22-35-21-27(25-14-17-28-29(20-25)41-23-40-28)31(33(37)39-7-3)32(35)24-12-15-26(38-4)16-13-24/h12-17,20,27,31-32H,5-11,18-19,21-23H2,1-4H3/t27-,31-,32+/m1/s1. The molecule has 1 amide bonds. The number of benzene rings is 2. The van der Waals surface area contributed by atoms with E-state index in [0.29, 0.717) is 24.7 Å². The highest BCUT2D eigenvalue weighted by Gasteiger charge is 2.49. The van der Waals surface area contributed by atoms with Crippen LogP contribution in [0.15, 0.2) is 42.5 Å². The number of likely N-dealkylation sites (tertiary alicyclic amines) is 1. The van der Waals surface area contributed by atoms with E-state index in [4.69, 9.17) is 18.9 Å². The molecule has 2 aromatic carbocycles. The minimum atomic E-state index is -0.495. The van der Waals surface area contributed by atoms with Gasteiger partial charge in [0.15, 0.2) is 11.5 Å². The minimum Gasteiger partial charge on any atom is -0.497 e. The van der Waals surface area contributed by atoms with E-state index in [2.05, 4.69) is 18.7 Å². The van der Waals surface area contributed by atoms with Gasteiger partial charge in [-0.2, -0.15) is 0 Å². The van der Waals surface area contributed by atoms with Crippen molar-refractivity contribution in [3.05, 3.63) is 53.6 Å². The quantitative estimate of drug-likeness (QED) is 0.195. The Bertz CT molecular complexity index is 1130. The van der Waals surface area contributed by atoms with Crippen LogP contribution in [-0.4, -0.2) is 68.4 Å². The molecule has 0 aromatic heterocycles.